The second kappa shape index (κ2) is 5.44. The van der Waals surface area contributed by atoms with Crippen LogP contribution < -0.4 is 4.74 Å². The van der Waals surface area contributed by atoms with Gasteiger partial charge in [0.05, 0.1) is 0 Å². The number of hydrogen-bond donors (Lipinski definition) is 1. The van der Waals surface area contributed by atoms with Crippen molar-refractivity contribution in [1.82, 2.24) is 0 Å². The van der Waals surface area contributed by atoms with Crippen molar-refractivity contribution in [2.75, 3.05) is 0 Å². The van der Waals surface area contributed by atoms with Crippen LogP contribution in [0.15, 0.2) is 48.5 Å². The Labute approximate surface area is 138 Å². The minimum absolute atomic E-state index is 0. The van der Waals surface area contributed by atoms with Crippen molar-refractivity contribution in [3.8, 4) is 11.5 Å². The minimum atomic E-state index is -0.207. The number of hydrogen-bond acceptors (Lipinski definition) is 2. The summed E-state index contributed by atoms with van der Waals surface area (Å²) in [4.78, 5) is 0. The second-order valence-corrected chi connectivity index (χ2v) is 6.41. The van der Waals surface area contributed by atoms with E-state index in [4.69, 9.17) is 4.74 Å². The largest absolute Gasteiger partial charge is 0.508 e. The maximum Gasteiger partial charge on any atom is 0.124 e. The van der Waals surface area contributed by atoms with Crippen LogP contribution in [0.5, 0.6) is 11.5 Å². The minimum Gasteiger partial charge on any atom is -0.508 e. The van der Waals surface area contributed by atoms with E-state index in [1.807, 2.05) is 24.3 Å². The molecule has 3 heteroatoms. The first-order valence-corrected chi connectivity index (χ1v) is 6.99. The van der Waals surface area contributed by atoms with Crippen molar-refractivity contribution >= 4 is 0 Å². The van der Waals surface area contributed by atoms with Crippen LogP contribution in [-0.2, 0) is 24.0 Å². The molecule has 0 saturated carbocycles. The monoisotopic (exact) mass is 319 g/mol. The van der Waals surface area contributed by atoms with Crippen LogP contribution in [0.3, 0.4) is 0 Å². The van der Waals surface area contributed by atoms with Gasteiger partial charge in [-0.15, -0.1) is 0 Å². The number of phenolic OH excluding ortho intramolecular Hbond substituents is 1. The van der Waals surface area contributed by atoms with Crippen molar-refractivity contribution in [2.45, 2.75) is 38.2 Å². The molecule has 1 radical (unpaired) electrons. The molecule has 1 heterocycles. The standard InChI is InChI=1S/C18H20O2.V/c1-17(2)12-18(3,13-8-10-14(19)11-9-13)15-6-4-5-7-16(15)20-17;/h4-11,19H,12H2,1-3H3;. The van der Waals surface area contributed by atoms with E-state index in [1.54, 1.807) is 12.1 Å². The number of rotatable bonds is 1. The third-order valence-electron chi connectivity index (χ3n) is 4.15. The van der Waals surface area contributed by atoms with Gasteiger partial charge in [0.25, 0.3) is 0 Å². The van der Waals surface area contributed by atoms with Crippen LogP contribution in [0.1, 0.15) is 38.3 Å². The molecular formula is C18H20O2V. The molecule has 3 rings (SSSR count). The van der Waals surface area contributed by atoms with Crippen molar-refractivity contribution in [2.24, 2.45) is 0 Å². The molecule has 0 spiro atoms. The van der Waals surface area contributed by atoms with Gasteiger partial charge in [-0.3, -0.25) is 0 Å². The fourth-order valence-electron chi connectivity index (χ4n) is 3.38. The Hall–Kier alpha value is -1.38. The zero-order valence-electron chi connectivity index (χ0n) is 12.6. The van der Waals surface area contributed by atoms with Gasteiger partial charge in [0.1, 0.15) is 17.1 Å². The summed E-state index contributed by atoms with van der Waals surface area (Å²) in [5.74, 6) is 1.26. The molecule has 0 fully saturated rings. The summed E-state index contributed by atoms with van der Waals surface area (Å²) in [5, 5.41) is 9.51. The van der Waals surface area contributed by atoms with Crippen LogP contribution in [0, 0.1) is 0 Å². The van der Waals surface area contributed by atoms with E-state index in [1.165, 1.54) is 11.1 Å². The van der Waals surface area contributed by atoms with Crippen molar-refractivity contribution in [3.63, 3.8) is 0 Å². The molecule has 2 nitrogen and oxygen atoms in total. The molecule has 1 aliphatic rings. The molecule has 1 atom stereocenters. The topological polar surface area (TPSA) is 29.5 Å². The summed E-state index contributed by atoms with van der Waals surface area (Å²) >= 11 is 0. The molecule has 0 amide bonds. The van der Waals surface area contributed by atoms with Gasteiger partial charge < -0.3 is 9.84 Å². The Morgan fingerprint density at radius 2 is 1.57 bits per heavy atom. The summed E-state index contributed by atoms with van der Waals surface area (Å²) in [6, 6.07) is 15.8. The first-order valence-electron chi connectivity index (χ1n) is 6.99. The molecule has 1 N–H and O–H groups in total. The summed E-state index contributed by atoms with van der Waals surface area (Å²) < 4.78 is 6.11. The molecule has 21 heavy (non-hydrogen) atoms. The average Bonchev–Trinajstić information content (AvgIpc) is 2.38. The van der Waals surface area contributed by atoms with Crippen molar-refractivity contribution in [3.05, 3.63) is 59.7 Å². The van der Waals surface area contributed by atoms with Crippen LogP contribution in [0.25, 0.3) is 0 Å². The molecule has 0 aromatic heterocycles. The number of aromatic hydroxyl groups is 1. The molecule has 109 valence electrons. The summed E-state index contributed by atoms with van der Waals surface area (Å²) in [6.45, 7) is 6.51. The molecule has 0 saturated heterocycles. The Bertz CT molecular complexity index is 634. The van der Waals surface area contributed by atoms with E-state index >= 15 is 0 Å². The van der Waals surface area contributed by atoms with E-state index in [0.717, 1.165) is 12.2 Å². The Morgan fingerprint density at radius 3 is 2.24 bits per heavy atom. The van der Waals surface area contributed by atoms with Gasteiger partial charge in [-0.05, 0) is 37.6 Å². The fraction of sp³-hybridized carbons (Fsp3) is 0.333. The zero-order valence-corrected chi connectivity index (χ0v) is 14.0. The van der Waals surface area contributed by atoms with E-state index in [-0.39, 0.29) is 29.6 Å². The second-order valence-electron chi connectivity index (χ2n) is 6.41. The maximum atomic E-state index is 9.51. The number of para-hydroxylation sites is 1. The predicted octanol–water partition coefficient (Wildman–Crippen LogP) is 4.26. The first-order chi connectivity index (χ1) is 9.41. The van der Waals surface area contributed by atoms with Gasteiger partial charge in [-0.2, -0.15) is 0 Å². The van der Waals surface area contributed by atoms with Gasteiger partial charge in [0, 0.05) is 36.0 Å². The number of ether oxygens (including phenoxy) is 1. The van der Waals surface area contributed by atoms with Gasteiger partial charge in [-0.25, -0.2) is 0 Å². The summed E-state index contributed by atoms with van der Waals surface area (Å²) in [5.41, 5.74) is 2.11. The first kappa shape index (κ1) is 16.0. The van der Waals surface area contributed by atoms with E-state index < -0.39 is 0 Å². The summed E-state index contributed by atoms with van der Waals surface area (Å²) in [6.07, 6.45) is 0.905. The number of fused-ring (bicyclic) bond motifs is 1. The molecular weight excluding hydrogens is 299 g/mol. The molecule has 0 bridgehead atoms. The molecule has 0 aliphatic carbocycles. The van der Waals surface area contributed by atoms with Gasteiger partial charge in [-0.1, -0.05) is 37.3 Å². The third-order valence-corrected chi connectivity index (χ3v) is 4.15. The normalized spacial score (nSPS) is 22.6. The Morgan fingerprint density at radius 1 is 0.952 bits per heavy atom. The number of phenols is 1. The molecule has 2 aromatic carbocycles. The van der Waals surface area contributed by atoms with E-state index in [0.29, 0.717) is 5.75 Å². The Balaban J connectivity index is 0.00000161. The van der Waals surface area contributed by atoms with Gasteiger partial charge >= 0.3 is 0 Å². The molecule has 1 aliphatic heterocycles. The van der Waals surface area contributed by atoms with Gasteiger partial charge in [0.15, 0.2) is 0 Å². The zero-order chi connectivity index (χ0) is 14.4. The summed E-state index contributed by atoms with van der Waals surface area (Å²) in [7, 11) is 0. The van der Waals surface area contributed by atoms with Crippen LogP contribution >= 0.6 is 0 Å². The SMILES string of the molecule is CC1(C)CC(C)(c2ccc(O)cc2)c2ccccc2O1.[V]. The number of benzene rings is 2. The smallest absolute Gasteiger partial charge is 0.124 e. The van der Waals surface area contributed by atoms with Crippen molar-refractivity contribution < 1.29 is 28.4 Å². The molecule has 1 unspecified atom stereocenters. The maximum absolute atomic E-state index is 9.51. The molecule has 2 aromatic rings. The quantitative estimate of drug-likeness (QED) is 0.851. The van der Waals surface area contributed by atoms with E-state index in [2.05, 4.69) is 32.9 Å². The predicted molar refractivity (Wildman–Crippen MR) is 80.3 cm³/mol. The average molecular weight is 319 g/mol. The fourth-order valence-corrected chi connectivity index (χ4v) is 3.38. The van der Waals surface area contributed by atoms with Crippen LogP contribution in [0.4, 0.5) is 0 Å². The third kappa shape index (κ3) is 2.83. The van der Waals surface area contributed by atoms with Crippen LogP contribution in [0.2, 0.25) is 0 Å². The van der Waals surface area contributed by atoms with Crippen molar-refractivity contribution in [1.29, 1.82) is 0 Å². The van der Waals surface area contributed by atoms with E-state index in [9.17, 15) is 5.11 Å². The Kier molecular flexibility index (Phi) is 4.14. The van der Waals surface area contributed by atoms with Crippen LogP contribution in [-0.4, -0.2) is 10.7 Å². The van der Waals surface area contributed by atoms with Gasteiger partial charge in [0.2, 0.25) is 0 Å².